The third-order valence-corrected chi connectivity index (χ3v) is 6.53. The number of nitrogens with zero attached hydrogens (tertiary/aromatic N) is 4. The molecule has 4 rings (SSSR count). The summed E-state index contributed by atoms with van der Waals surface area (Å²) in [7, 11) is 5.93. The minimum atomic E-state index is -0.337. The van der Waals surface area contributed by atoms with E-state index < -0.39 is 0 Å². The quantitative estimate of drug-likeness (QED) is 0.569. The first-order valence-corrected chi connectivity index (χ1v) is 12.5. The minimum Gasteiger partial charge on any atom is -0.472 e. The molecule has 0 radical (unpaired) electrons. The predicted octanol–water partition coefficient (Wildman–Crippen LogP) is 2.08. The summed E-state index contributed by atoms with van der Waals surface area (Å²) in [5, 5.41) is 9.87. The van der Waals surface area contributed by atoms with E-state index in [4.69, 9.17) is 14.2 Å². The van der Waals surface area contributed by atoms with Gasteiger partial charge in [-0.3, -0.25) is 14.6 Å². The van der Waals surface area contributed by atoms with Gasteiger partial charge in [-0.2, -0.15) is 0 Å². The number of hydrogen-bond acceptors (Lipinski definition) is 8. The highest BCUT2D eigenvalue weighted by atomic mass is 16.7. The third kappa shape index (κ3) is 6.52. The summed E-state index contributed by atoms with van der Waals surface area (Å²) < 4.78 is 17.3. The van der Waals surface area contributed by atoms with Crippen molar-refractivity contribution in [3.05, 3.63) is 47.2 Å². The lowest BCUT2D eigenvalue weighted by Gasteiger charge is -2.37. The molecule has 0 fully saturated rings. The molecular formula is C28H36N4O5. The van der Waals surface area contributed by atoms with Crippen molar-refractivity contribution >= 4 is 5.91 Å². The van der Waals surface area contributed by atoms with E-state index in [1.165, 1.54) is 0 Å². The van der Waals surface area contributed by atoms with Crippen LogP contribution in [0.1, 0.15) is 35.3 Å². The number of benzene rings is 1. The molecule has 37 heavy (non-hydrogen) atoms. The zero-order chi connectivity index (χ0) is 26.5. The maximum absolute atomic E-state index is 13.5. The van der Waals surface area contributed by atoms with Gasteiger partial charge in [0.1, 0.15) is 11.7 Å². The Morgan fingerprint density at radius 3 is 2.76 bits per heavy atom. The average molecular weight is 509 g/mol. The smallest absolute Gasteiger partial charge is 0.259 e. The van der Waals surface area contributed by atoms with Gasteiger partial charge in [0.2, 0.25) is 12.7 Å². The van der Waals surface area contributed by atoms with Gasteiger partial charge in [-0.1, -0.05) is 24.8 Å². The molecule has 2 aliphatic rings. The summed E-state index contributed by atoms with van der Waals surface area (Å²) in [5.41, 5.74) is 2.13. The maximum Gasteiger partial charge on any atom is 0.259 e. The Bertz CT molecular complexity index is 1170. The Morgan fingerprint density at radius 2 is 2.00 bits per heavy atom. The number of carbonyl (C=O) groups excluding carboxylic acids is 1. The fourth-order valence-corrected chi connectivity index (χ4v) is 4.41. The Balaban J connectivity index is 1.57. The number of carbonyl (C=O) groups is 1. The van der Waals surface area contributed by atoms with Crippen LogP contribution in [0.4, 0.5) is 0 Å². The van der Waals surface area contributed by atoms with Crippen molar-refractivity contribution < 1.29 is 24.1 Å². The number of likely N-dealkylation sites (N-methyl/N-ethyl adjacent to an activating group) is 1. The number of pyridine rings is 1. The van der Waals surface area contributed by atoms with Crippen molar-refractivity contribution in [3.8, 4) is 29.2 Å². The lowest BCUT2D eigenvalue weighted by molar-refractivity contribution is 0.0325. The molecule has 1 aromatic carbocycles. The molecule has 9 heteroatoms. The summed E-state index contributed by atoms with van der Waals surface area (Å²) in [6, 6.07) is 7.37. The largest absolute Gasteiger partial charge is 0.472 e. The number of aromatic nitrogens is 1. The number of fused-ring (bicyclic) bond motifs is 2. The Labute approximate surface area is 218 Å². The second-order valence-corrected chi connectivity index (χ2v) is 10.1. The molecule has 1 N–H and O–H groups in total. The Kier molecular flexibility index (Phi) is 8.54. The van der Waals surface area contributed by atoms with Crippen molar-refractivity contribution in [2.24, 2.45) is 5.92 Å². The molecule has 3 atom stereocenters. The second-order valence-electron chi connectivity index (χ2n) is 10.1. The van der Waals surface area contributed by atoms with Gasteiger partial charge in [0.05, 0.1) is 19.2 Å². The number of hydrogen-bond donors (Lipinski definition) is 1. The topological polar surface area (TPSA) is 87.6 Å². The van der Waals surface area contributed by atoms with E-state index in [0.717, 1.165) is 17.1 Å². The lowest BCUT2D eigenvalue weighted by atomic mass is 9.99. The van der Waals surface area contributed by atoms with E-state index in [1.807, 2.05) is 51.2 Å². The summed E-state index contributed by atoms with van der Waals surface area (Å²) in [6.07, 6.45) is 1.42. The maximum atomic E-state index is 13.5. The number of aliphatic hydroxyl groups is 1. The summed E-state index contributed by atoms with van der Waals surface area (Å²) in [5.74, 6) is 7.78. The van der Waals surface area contributed by atoms with Gasteiger partial charge in [0.15, 0.2) is 11.5 Å². The summed E-state index contributed by atoms with van der Waals surface area (Å²) in [4.78, 5) is 23.9. The first-order valence-electron chi connectivity index (χ1n) is 12.5. The predicted molar refractivity (Wildman–Crippen MR) is 140 cm³/mol. The highest BCUT2D eigenvalue weighted by molar-refractivity contribution is 5.97. The van der Waals surface area contributed by atoms with Crippen molar-refractivity contribution in [3.63, 3.8) is 0 Å². The molecule has 0 spiro atoms. The van der Waals surface area contributed by atoms with Crippen LogP contribution in [-0.4, -0.2) is 97.0 Å². The zero-order valence-electron chi connectivity index (χ0n) is 22.2. The molecule has 198 valence electrons. The highest BCUT2D eigenvalue weighted by Gasteiger charge is 2.34. The van der Waals surface area contributed by atoms with E-state index in [-0.39, 0.29) is 37.4 Å². The normalized spacial score (nSPS) is 19.6. The van der Waals surface area contributed by atoms with Crippen molar-refractivity contribution in [1.29, 1.82) is 0 Å². The van der Waals surface area contributed by atoms with Crippen molar-refractivity contribution in [2.75, 3.05) is 54.2 Å². The molecule has 0 aliphatic carbocycles. The van der Waals surface area contributed by atoms with Gasteiger partial charge in [-0.05, 0) is 51.8 Å². The Morgan fingerprint density at radius 1 is 1.22 bits per heavy atom. The molecular weight excluding hydrogens is 472 g/mol. The molecule has 2 aromatic rings. The fourth-order valence-electron chi connectivity index (χ4n) is 4.41. The third-order valence-electron chi connectivity index (χ3n) is 6.53. The van der Waals surface area contributed by atoms with Crippen LogP contribution >= 0.6 is 0 Å². The monoisotopic (exact) mass is 508 g/mol. The summed E-state index contributed by atoms with van der Waals surface area (Å²) >= 11 is 0. The Hall–Kier alpha value is -3.32. The van der Waals surface area contributed by atoms with E-state index in [9.17, 15) is 9.90 Å². The lowest BCUT2D eigenvalue weighted by Crippen LogP contribution is -2.49. The number of ether oxygens (including phenoxy) is 3. The summed E-state index contributed by atoms with van der Waals surface area (Å²) in [6.45, 7) is 6.41. The van der Waals surface area contributed by atoms with Gasteiger partial charge in [0.25, 0.3) is 5.91 Å². The number of aliphatic hydroxyl groups excluding tert-OH is 1. The molecule has 0 saturated heterocycles. The van der Waals surface area contributed by atoms with Gasteiger partial charge in [-0.15, -0.1) is 0 Å². The van der Waals surface area contributed by atoms with Gasteiger partial charge >= 0.3 is 0 Å². The van der Waals surface area contributed by atoms with Crippen LogP contribution in [0.3, 0.4) is 0 Å². The van der Waals surface area contributed by atoms with E-state index >= 15 is 0 Å². The van der Waals surface area contributed by atoms with E-state index in [0.29, 0.717) is 43.2 Å². The van der Waals surface area contributed by atoms with Crippen LogP contribution in [0.15, 0.2) is 30.5 Å². The second kappa shape index (κ2) is 11.8. The fraction of sp³-hybridized carbons (Fsp3) is 0.500. The number of amides is 1. The number of rotatable bonds is 7. The van der Waals surface area contributed by atoms with Crippen LogP contribution in [0.5, 0.6) is 17.4 Å². The minimum absolute atomic E-state index is 0.00617. The van der Waals surface area contributed by atoms with Crippen LogP contribution in [0.25, 0.3) is 0 Å². The van der Waals surface area contributed by atoms with Crippen LogP contribution < -0.4 is 14.2 Å². The molecule has 1 amide bonds. The SMILES string of the molecule is C[C@@H]1CN([C@@H](C)CO)C(=O)c2cc(C#CCN(C)C)cnc2O[C@H]1CN(C)Cc1ccc2c(c1)OCO2. The molecule has 2 aliphatic heterocycles. The molecule has 0 unspecified atom stereocenters. The van der Waals surface area contributed by atoms with Gasteiger partial charge < -0.3 is 24.2 Å². The molecule has 3 heterocycles. The standard InChI is InChI=1S/C28H36N4O5/c1-19-14-32(20(2)17-33)28(34)23-11-21(7-6-10-30(3)4)13-29-27(23)37-26(19)16-31(5)15-22-8-9-24-25(12-22)36-18-35-24/h8-9,11-13,19-20,26,33H,10,14-18H2,1-5H3/t19-,20+,26+/m1/s1. The van der Waals surface area contributed by atoms with Crippen molar-refractivity contribution in [1.82, 2.24) is 19.7 Å². The van der Waals surface area contributed by atoms with Crippen LogP contribution in [-0.2, 0) is 6.54 Å². The van der Waals surface area contributed by atoms with Crippen LogP contribution in [0.2, 0.25) is 0 Å². The first-order chi connectivity index (χ1) is 17.7. The highest BCUT2D eigenvalue weighted by Crippen LogP contribution is 2.33. The first kappa shape index (κ1) is 26.7. The molecule has 9 nitrogen and oxygen atoms in total. The van der Waals surface area contributed by atoms with Crippen LogP contribution in [0, 0.1) is 17.8 Å². The van der Waals surface area contributed by atoms with Gasteiger partial charge in [0, 0.05) is 37.3 Å². The van der Waals surface area contributed by atoms with Crippen molar-refractivity contribution in [2.45, 2.75) is 32.5 Å². The van der Waals surface area contributed by atoms with Gasteiger partial charge in [-0.25, -0.2) is 4.98 Å². The van der Waals surface area contributed by atoms with E-state index in [1.54, 1.807) is 17.2 Å². The molecule has 1 aromatic heterocycles. The average Bonchev–Trinajstić information content (AvgIpc) is 3.33. The zero-order valence-corrected chi connectivity index (χ0v) is 22.2. The molecule has 0 bridgehead atoms. The van der Waals surface area contributed by atoms with E-state index in [2.05, 4.69) is 28.6 Å². The molecule has 0 saturated carbocycles.